The Kier molecular flexibility index (Phi) is 4.69. The molecule has 0 atom stereocenters. The summed E-state index contributed by atoms with van der Waals surface area (Å²) in [7, 11) is 0. The van der Waals surface area contributed by atoms with Crippen molar-refractivity contribution in [1.82, 2.24) is 20.4 Å². The number of rotatable bonds is 6. The zero-order valence-corrected chi connectivity index (χ0v) is 13.6. The number of hydrogen-bond donors (Lipinski definition) is 1. The molecule has 24 heavy (non-hydrogen) atoms. The maximum absolute atomic E-state index is 12.1. The van der Waals surface area contributed by atoms with E-state index in [-0.39, 0.29) is 5.91 Å². The number of carbonyl (C=O) groups is 1. The van der Waals surface area contributed by atoms with E-state index in [9.17, 15) is 4.79 Å². The third-order valence-electron chi connectivity index (χ3n) is 3.76. The van der Waals surface area contributed by atoms with Crippen molar-refractivity contribution in [2.45, 2.75) is 33.2 Å². The lowest BCUT2D eigenvalue weighted by Gasteiger charge is -2.07. The summed E-state index contributed by atoms with van der Waals surface area (Å²) in [6.07, 6.45) is 5.73. The van der Waals surface area contributed by atoms with Gasteiger partial charge in [-0.25, -0.2) is 4.98 Å². The average Bonchev–Trinajstić information content (AvgIpc) is 3.22. The summed E-state index contributed by atoms with van der Waals surface area (Å²) in [5.41, 5.74) is 3.11. The summed E-state index contributed by atoms with van der Waals surface area (Å²) in [4.78, 5) is 20.7. The molecule has 0 saturated heterocycles. The number of hydrogen-bond acceptors (Lipinski definition) is 6. The number of aryl methyl sites for hydroxylation is 2. The Morgan fingerprint density at radius 3 is 2.79 bits per heavy atom. The topological polar surface area (TPSA) is 94.1 Å². The van der Waals surface area contributed by atoms with Gasteiger partial charge < -0.3 is 14.3 Å². The third kappa shape index (κ3) is 3.51. The number of carbonyl (C=O) groups excluding carboxylic acids is 1. The minimum absolute atomic E-state index is 0.0638. The number of furan rings is 1. The van der Waals surface area contributed by atoms with Crippen LogP contribution >= 0.6 is 0 Å². The smallest absolute Gasteiger partial charge is 0.220 e. The molecule has 0 saturated carbocycles. The highest BCUT2D eigenvalue weighted by molar-refractivity contribution is 5.76. The van der Waals surface area contributed by atoms with E-state index in [4.69, 9.17) is 8.94 Å². The van der Waals surface area contributed by atoms with Crippen LogP contribution in [0.2, 0.25) is 0 Å². The molecule has 124 valence electrons. The predicted octanol–water partition coefficient (Wildman–Crippen LogP) is 2.59. The van der Waals surface area contributed by atoms with Crippen molar-refractivity contribution in [3.63, 3.8) is 0 Å². The first-order valence-corrected chi connectivity index (χ1v) is 7.67. The van der Waals surface area contributed by atoms with Gasteiger partial charge in [0.1, 0.15) is 11.5 Å². The van der Waals surface area contributed by atoms with Crippen LogP contribution in [0.1, 0.15) is 29.1 Å². The van der Waals surface area contributed by atoms with Gasteiger partial charge >= 0.3 is 0 Å². The molecular formula is C17H18N4O3. The van der Waals surface area contributed by atoms with Crippen molar-refractivity contribution >= 4 is 5.91 Å². The summed E-state index contributed by atoms with van der Waals surface area (Å²) in [5.74, 6) is 1.32. The van der Waals surface area contributed by atoms with Gasteiger partial charge in [0, 0.05) is 24.4 Å². The van der Waals surface area contributed by atoms with E-state index in [1.165, 1.54) is 0 Å². The highest BCUT2D eigenvalue weighted by atomic mass is 16.5. The van der Waals surface area contributed by atoms with E-state index < -0.39 is 0 Å². The van der Waals surface area contributed by atoms with Crippen LogP contribution in [0.4, 0.5) is 0 Å². The van der Waals surface area contributed by atoms with Gasteiger partial charge in [-0.2, -0.15) is 0 Å². The van der Waals surface area contributed by atoms with Crippen LogP contribution in [-0.4, -0.2) is 21.0 Å². The maximum atomic E-state index is 12.1. The molecule has 0 radical (unpaired) electrons. The van der Waals surface area contributed by atoms with Crippen molar-refractivity contribution in [2.75, 3.05) is 0 Å². The quantitative estimate of drug-likeness (QED) is 0.748. The number of aromatic nitrogens is 3. The van der Waals surface area contributed by atoms with Crippen LogP contribution in [0, 0.1) is 13.8 Å². The minimum Gasteiger partial charge on any atom is -0.463 e. The lowest BCUT2D eigenvalue weighted by atomic mass is 10.1. The number of amides is 1. The average molecular weight is 326 g/mol. The van der Waals surface area contributed by atoms with E-state index in [1.54, 1.807) is 24.7 Å². The first kappa shape index (κ1) is 15.9. The highest BCUT2D eigenvalue weighted by Gasteiger charge is 2.13. The van der Waals surface area contributed by atoms with Crippen molar-refractivity contribution in [1.29, 1.82) is 0 Å². The normalized spacial score (nSPS) is 10.8. The van der Waals surface area contributed by atoms with Crippen molar-refractivity contribution in [3.05, 3.63) is 53.5 Å². The molecule has 3 heterocycles. The molecule has 0 unspecified atom stereocenters. The molecule has 1 N–H and O–H groups in total. The van der Waals surface area contributed by atoms with Gasteiger partial charge in [0.15, 0.2) is 5.76 Å². The van der Waals surface area contributed by atoms with Crippen molar-refractivity contribution in [3.8, 4) is 11.5 Å². The van der Waals surface area contributed by atoms with Gasteiger partial charge in [-0.05, 0) is 32.4 Å². The van der Waals surface area contributed by atoms with Crippen LogP contribution in [0.25, 0.3) is 11.5 Å². The van der Waals surface area contributed by atoms with E-state index >= 15 is 0 Å². The van der Waals surface area contributed by atoms with E-state index in [0.29, 0.717) is 36.5 Å². The zero-order chi connectivity index (χ0) is 16.9. The zero-order valence-electron chi connectivity index (χ0n) is 13.6. The number of nitrogens with zero attached hydrogens (tertiary/aromatic N) is 3. The molecule has 0 spiro atoms. The summed E-state index contributed by atoms with van der Waals surface area (Å²) < 4.78 is 10.5. The molecule has 1 amide bonds. The minimum atomic E-state index is -0.0638. The first-order valence-electron chi connectivity index (χ1n) is 7.67. The molecule has 7 nitrogen and oxygen atoms in total. The Balaban J connectivity index is 1.59. The highest BCUT2D eigenvalue weighted by Crippen LogP contribution is 2.20. The second-order valence-electron chi connectivity index (χ2n) is 5.41. The second-order valence-corrected chi connectivity index (χ2v) is 5.41. The van der Waals surface area contributed by atoms with Crippen molar-refractivity contribution < 1.29 is 13.7 Å². The fourth-order valence-corrected chi connectivity index (χ4v) is 2.48. The predicted molar refractivity (Wildman–Crippen MR) is 85.9 cm³/mol. The molecule has 0 bridgehead atoms. The van der Waals surface area contributed by atoms with Crippen LogP contribution in [0.15, 0.2) is 39.7 Å². The SMILES string of the molecule is Cc1noc(C)c1CCC(=O)NCc1nccnc1-c1ccco1. The van der Waals surface area contributed by atoms with Crippen LogP contribution in [0.5, 0.6) is 0 Å². The summed E-state index contributed by atoms with van der Waals surface area (Å²) in [5, 5.41) is 6.76. The number of nitrogens with one attached hydrogen (secondary N) is 1. The largest absolute Gasteiger partial charge is 0.463 e. The lowest BCUT2D eigenvalue weighted by Crippen LogP contribution is -2.24. The first-order chi connectivity index (χ1) is 11.6. The standard InChI is InChI=1S/C17H18N4O3/c1-11-13(12(2)24-21-11)5-6-16(22)20-10-14-17(19-8-7-18-14)15-4-3-9-23-15/h3-4,7-9H,5-6,10H2,1-2H3,(H,20,22). The van der Waals surface area contributed by atoms with Gasteiger partial charge in [-0.3, -0.25) is 9.78 Å². The van der Waals surface area contributed by atoms with Gasteiger partial charge in [0.05, 0.1) is 24.2 Å². The van der Waals surface area contributed by atoms with Gasteiger partial charge in [0.25, 0.3) is 0 Å². The van der Waals surface area contributed by atoms with Crippen LogP contribution in [0.3, 0.4) is 0 Å². The Morgan fingerprint density at radius 2 is 2.08 bits per heavy atom. The van der Waals surface area contributed by atoms with E-state index in [1.807, 2.05) is 19.9 Å². The molecule has 7 heteroatoms. The fraction of sp³-hybridized carbons (Fsp3) is 0.294. The van der Waals surface area contributed by atoms with E-state index in [2.05, 4.69) is 20.4 Å². The van der Waals surface area contributed by atoms with Gasteiger partial charge in [-0.15, -0.1) is 0 Å². The lowest BCUT2D eigenvalue weighted by molar-refractivity contribution is -0.121. The summed E-state index contributed by atoms with van der Waals surface area (Å²) in [6.45, 7) is 4.02. The molecule has 3 rings (SSSR count). The Labute approximate surface area is 139 Å². The molecule has 0 aliphatic carbocycles. The summed E-state index contributed by atoms with van der Waals surface area (Å²) in [6, 6.07) is 3.60. The maximum Gasteiger partial charge on any atom is 0.220 e. The Hall–Kier alpha value is -2.96. The molecule has 0 aromatic carbocycles. The monoisotopic (exact) mass is 326 g/mol. The third-order valence-corrected chi connectivity index (χ3v) is 3.76. The molecule has 0 fully saturated rings. The van der Waals surface area contributed by atoms with Crippen LogP contribution < -0.4 is 5.32 Å². The molecule has 0 aliphatic rings. The molecular weight excluding hydrogens is 308 g/mol. The van der Waals surface area contributed by atoms with Crippen LogP contribution in [-0.2, 0) is 17.8 Å². The summed E-state index contributed by atoms with van der Waals surface area (Å²) >= 11 is 0. The van der Waals surface area contributed by atoms with Crippen molar-refractivity contribution in [2.24, 2.45) is 0 Å². The molecule has 3 aromatic rings. The molecule has 3 aromatic heterocycles. The van der Waals surface area contributed by atoms with E-state index in [0.717, 1.165) is 17.0 Å². The van der Waals surface area contributed by atoms with Gasteiger partial charge in [0.2, 0.25) is 5.91 Å². The fourth-order valence-electron chi connectivity index (χ4n) is 2.48. The molecule has 0 aliphatic heterocycles. The Bertz CT molecular complexity index is 805. The second kappa shape index (κ2) is 7.08. The van der Waals surface area contributed by atoms with Gasteiger partial charge in [-0.1, -0.05) is 5.16 Å². The Morgan fingerprint density at radius 1 is 1.25 bits per heavy atom.